The Hall–Kier alpha value is -0.870. The van der Waals surface area contributed by atoms with Gasteiger partial charge in [0.15, 0.2) is 0 Å². The molecule has 1 aromatic heterocycles. The number of nitrogens with zero attached hydrogens (tertiary/aromatic N) is 3. The molecular formula is C13H26N4. The molecule has 0 saturated carbocycles. The summed E-state index contributed by atoms with van der Waals surface area (Å²) < 4.78 is 2.05. The minimum Gasteiger partial charge on any atom is -0.337 e. The zero-order valence-corrected chi connectivity index (χ0v) is 12.0. The van der Waals surface area contributed by atoms with Gasteiger partial charge in [0, 0.05) is 31.5 Å². The van der Waals surface area contributed by atoms with Crippen LogP contribution in [0.2, 0.25) is 0 Å². The highest BCUT2D eigenvalue weighted by Gasteiger charge is 2.34. The van der Waals surface area contributed by atoms with Crippen molar-refractivity contribution in [2.24, 2.45) is 18.2 Å². The number of hydrogen-bond donors (Lipinski definition) is 1. The molecule has 0 aliphatic rings. The van der Waals surface area contributed by atoms with E-state index in [-0.39, 0.29) is 11.0 Å². The molecule has 0 saturated heterocycles. The van der Waals surface area contributed by atoms with Crippen LogP contribution in [0.25, 0.3) is 0 Å². The van der Waals surface area contributed by atoms with Crippen LogP contribution in [0.15, 0.2) is 12.4 Å². The van der Waals surface area contributed by atoms with Gasteiger partial charge < -0.3 is 10.3 Å². The minimum absolute atomic E-state index is 0.0624. The highest BCUT2D eigenvalue weighted by atomic mass is 15.2. The zero-order valence-electron chi connectivity index (χ0n) is 12.0. The third-order valence-corrected chi connectivity index (χ3v) is 3.74. The third kappa shape index (κ3) is 3.54. The van der Waals surface area contributed by atoms with Crippen LogP contribution in [-0.2, 0) is 13.6 Å². The number of nitrogens with two attached hydrogens (primary N) is 1. The summed E-state index contributed by atoms with van der Waals surface area (Å²) in [4.78, 5) is 6.61. The smallest absolute Gasteiger partial charge is 0.122 e. The van der Waals surface area contributed by atoms with Crippen LogP contribution >= 0.6 is 0 Å². The van der Waals surface area contributed by atoms with Gasteiger partial charge in [0.05, 0.1) is 6.54 Å². The van der Waals surface area contributed by atoms with E-state index < -0.39 is 0 Å². The second-order valence-corrected chi connectivity index (χ2v) is 6.23. The SMILES string of the molecule is CN(Cc1nccn1C)CC(C)(C)C(C)(C)N. The van der Waals surface area contributed by atoms with Crippen LogP contribution in [0.3, 0.4) is 0 Å². The molecule has 0 radical (unpaired) electrons. The van der Waals surface area contributed by atoms with Crippen LogP contribution in [0.1, 0.15) is 33.5 Å². The second kappa shape index (κ2) is 4.78. The van der Waals surface area contributed by atoms with Crippen molar-refractivity contribution in [2.75, 3.05) is 13.6 Å². The van der Waals surface area contributed by atoms with E-state index in [2.05, 4.69) is 49.2 Å². The monoisotopic (exact) mass is 238 g/mol. The molecule has 4 nitrogen and oxygen atoms in total. The first-order valence-electron chi connectivity index (χ1n) is 6.07. The van der Waals surface area contributed by atoms with Crippen molar-refractivity contribution in [1.82, 2.24) is 14.5 Å². The largest absolute Gasteiger partial charge is 0.337 e. The Labute approximate surface area is 105 Å². The van der Waals surface area contributed by atoms with Gasteiger partial charge in [-0.2, -0.15) is 0 Å². The number of imidazole rings is 1. The van der Waals surface area contributed by atoms with E-state index in [4.69, 9.17) is 5.73 Å². The number of hydrogen-bond acceptors (Lipinski definition) is 3. The molecule has 0 bridgehead atoms. The van der Waals surface area contributed by atoms with Crippen molar-refractivity contribution >= 4 is 0 Å². The highest BCUT2D eigenvalue weighted by molar-refractivity contribution is 4.94. The first-order valence-corrected chi connectivity index (χ1v) is 6.07. The molecule has 0 unspecified atom stereocenters. The van der Waals surface area contributed by atoms with Gasteiger partial charge in [0.2, 0.25) is 0 Å². The second-order valence-electron chi connectivity index (χ2n) is 6.23. The molecule has 0 spiro atoms. The Kier molecular flexibility index (Phi) is 3.99. The van der Waals surface area contributed by atoms with Crippen LogP contribution < -0.4 is 5.73 Å². The van der Waals surface area contributed by atoms with E-state index in [1.807, 2.05) is 19.4 Å². The van der Waals surface area contributed by atoms with Crippen LogP contribution in [0, 0.1) is 5.41 Å². The maximum Gasteiger partial charge on any atom is 0.122 e. The minimum atomic E-state index is -0.192. The molecule has 17 heavy (non-hydrogen) atoms. The summed E-state index contributed by atoms with van der Waals surface area (Å²) in [6.45, 7) is 10.4. The van der Waals surface area contributed by atoms with Gasteiger partial charge in [-0.3, -0.25) is 4.90 Å². The summed E-state index contributed by atoms with van der Waals surface area (Å²) >= 11 is 0. The summed E-state index contributed by atoms with van der Waals surface area (Å²) in [6.07, 6.45) is 3.81. The Bertz CT molecular complexity index is 360. The quantitative estimate of drug-likeness (QED) is 0.848. The number of aryl methyl sites for hydroxylation is 1. The Morgan fingerprint density at radius 1 is 1.35 bits per heavy atom. The summed E-state index contributed by atoms with van der Waals surface area (Å²) in [6, 6.07) is 0. The van der Waals surface area contributed by atoms with Crippen LogP contribution in [-0.4, -0.2) is 33.6 Å². The maximum absolute atomic E-state index is 6.22. The van der Waals surface area contributed by atoms with E-state index in [9.17, 15) is 0 Å². The molecule has 98 valence electrons. The number of rotatable bonds is 5. The molecule has 1 rings (SSSR count). The fraction of sp³-hybridized carbons (Fsp3) is 0.769. The molecule has 0 amide bonds. The summed E-state index contributed by atoms with van der Waals surface area (Å²) in [5.74, 6) is 1.08. The first kappa shape index (κ1) is 14.2. The van der Waals surface area contributed by atoms with E-state index in [1.165, 1.54) is 0 Å². The Balaban J connectivity index is 2.62. The average Bonchev–Trinajstić information content (AvgIpc) is 2.48. The molecule has 0 atom stereocenters. The van der Waals surface area contributed by atoms with Crippen molar-refractivity contribution < 1.29 is 0 Å². The van der Waals surface area contributed by atoms with Gasteiger partial charge in [0.1, 0.15) is 5.82 Å². The predicted octanol–water partition coefficient (Wildman–Crippen LogP) is 1.62. The first-order chi connectivity index (χ1) is 7.63. The zero-order chi connectivity index (χ0) is 13.3. The van der Waals surface area contributed by atoms with Crippen molar-refractivity contribution in [1.29, 1.82) is 0 Å². The topological polar surface area (TPSA) is 47.1 Å². The fourth-order valence-electron chi connectivity index (χ4n) is 1.72. The normalized spacial score (nSPS) is 13.4. The molecule has 1 heterocycles. The van der Waals surface area contributed by atoms with Crippen molar-refractivity contribution in [3.8, 4) is 0 Å². The lowest BCUT2D eigenvalue weighted by molar-refractivity contribution is 0.124. The molecule has 2 N–H and O–H groups in total. The van der Waals surface area contributed by atoms with E-state index >= 15 is 0 Å². The molecule has 0 aliphatic heterocycles. The van der Waals surface area contributed by atoms with Crippen molar-refractivity contribution in [2.45, 2.75) is 39.8 Å². The molecular weight excluding hydrogens is 212 g/mol. The molecule has 0 aliphatic carbocycles. The van der Waals surface area contributed by atoms with Gasteiger partial charge in [-0.25, -0.2) is 4.98 Å². The third-order valence-electron chi connectivity index (χ3n) is 3.74. The molecule has 4 heteroatoms. The average molecular weight is 238 g/mol. The van der Waals surface area contributed by atoms with Crippen LogP contribution in [0.5, 0.6) is 0 Å². The van der Waals surface area contributed by atoms with Gasteiger partial charge in [-0.1, -0.05) is 13.8 Å². The summed E-state index contributed by atoms with van der Waals surface area (Å²) in [5, 5.41) is 0. The standard InChI is InChI=1S/C13H26N4/c1-12(2,13(3,4)14)10-16(5)9-11-15-7-8-17(11)6/h7-8H,9-10,14H2,1-6H3. The highest BCUT2D eigenvalue weighted by Crippen LogP contribution is 2.29. The lowest BCUT2D eigenvalue weighted by atomic mass is 9.75. The summed E-state index contributed by atoms with van der Waals surface area (Å²) in [5.41, 5.74) is 6.09. The lowest BCUT2D eigenvalue weighted by Crippen LogP contribution is -2.52. The Morgan fingerprint density at radius 3 is 2.35 bits per heavy atom. The lowest BCUT2D eigenvalue weighted by Gasteiger charge is -2.41. The molecule has 1 aromatic rings. The van der Waals surface area contributed by atoms with Crippen LogP contribution in [0.4, 0.5) is 0 Å². The van der Waals surface area contributed by atoms with E-state index in [0.717, 1.165) is 18.9 Å². The fourth-order valence-corrected chi connectivity index (χ4v) is 1.72. The van der Waals surface area contributed by atoms with Gasteiger partial charge in [-0.15, -0.1) is 0 Å². The van der Waals surface area contributed by atoms with E-state index in [1.54, 1.807) is 0 Å². The van der Waals surface area contributed by atoms with Gasteiger partial charge in [0.25, 0.3) is 0 Å². The van der Waals surface area contributed by atoms with E-state index in [0.29, 0.717) is 0 Å². The van der Waals surface area contributed by atoms with Crippen molar-refractivity contribution in [3.05, 3.63) is 18.2 Å². The van der Waals surface area contributed by atoms with Gasteiger partial charge >= 0.3 is 0 Å². The maximum atomic E-state index is 6.22. The predicted molar refractivity (Wildman–Crippen MR) is 71.6 cm³/mol. The number of aromatic nitrogens is 2. The van der Waals surface area contributed by atoms with Gasteiger partial charge in [-0.05, 0) is 26.3 Å². The molecule has 0 aromatic carbocycles. The molecule has 0 fully saturated rings. The summed E-state index contributed by atoms with van der Waals surface area (Å²) in [7, 11) is 4.14. The Morgan fingerprint density at radius 2 is 1.94 bits per heavy atom. The van der Waals surface area contributed by atoms with Crippen molar-refractivity contribution in [3.63, 3.8) is 0 Å².